The predicted molar refractivity (Wildman–Crippen MR) is 143 cm³/mol. The minimum absolute atomic E-state index is 0. The summed E-state index contributed by atoms with van der Waals surface area (Å²) in [4.78, 5) is 8.69. The quantitative estimate of drug-likeness (QED) is 0.181. The Morgan fingerprint density at radius 3 is 2.17 bits per heavy atom. The van der Waals surface area contributed by atoms with E-state index in [9.17, 15) is 0 Å². The SMILES string of the molecule is CC(C)c1cccc2oc3c(-c4ccccn4)[c-]ccc3c12.Cc1cc[c-]c(-c2ccccn2)c1.[Ir]. The molecule has 0 fully saturated rings. The van der Waals surface area contributed by atoms with E-state index in [0.29, 0.717) is 5.92 Å². The number of fused-ring (bicyclic) bond motifs is 3. The first-order valence-electron chi connectivity index (χ1n) is 11.8. The molecule has 4 heteroatoms. The number of pyridine rings is 2. The van der Waals surface area contributed by atoms with E-state index >= 15 is 0 Å². The summed E-state index contributed by atoms with van der Waals surface area (Å²) in [6.45, 7) is 6.49. The number of hydrogen-bond donors (Lipinski definition) is 0. The molecule has 0 bridgehead atoms. The molecule has 0 aliphatic heterocycles. The molecule has 0 atom stereocenters. The van der Waals surface area contributed by atoms with Gasteiger partial charge in [-0.25, -0.2) is 0 Å². The smallest absolute Gasteiger partial charge is 0.121 e. The monoisotopic (exact) mass is 647 g/mol. The van der Waals surface area contributed by atoms with Gasteiger partial charge in [0.25, 0.3) is 0 Å². The number of furan rings is 1. The van der Waals surface area contributed by atoms with Crippen LogP contribution in [0.1, 0.15) is 30.9 Å². The molecule has 3 aromatic heterocycles. The van der Waals surface area contributed by atoms with Crippen molar-refractivity contribution in [3.8, 4) is 22.5 Å². The molecule has 36 heavy (non-hydrogen) atoms. The van der Waals surface area contributed by atoms with Gasteiger partial charge in [0.15, 0.2) is 0 Å². The van der Waals surface area contributed by atoms with Crippen LogP contribution in [0.15, 0.2) is 102 Å². The van der Waals surface area contributed by atoms with E-state index in [1.165, 1.54) is 16.5 Å². The summed E-state index contributed by atoms with van der Waals surface area (Å²) in [7, 11) is 0. The standard InChI is InChI=1S/C20H16NO.C12H10N.Ir/c1-13(2)14-7-6-11-18-19(14)16-9-5-8-15(20(16)22-18)17-10-3-4-12-21-17;1-10-5-4-6-11(9-10)12-7-2-3-8-13-12;/h3-7,9-13H,1-2H3;2-5,7-9H,1H3;/q2*-1;. The van der Waals surface area contributed by atoms with Crippen molar-refractivity contribution in [1.29, 1.82) is 0 Å². The fraction of sp³-hybridized carbons (Fsp3) is 0.125. The van der Waals surface area contributed by atoms with Crippen molar-refractivity contribution in [2.75, 3.05) is 0 Å². The number of hydrogen-bond acceptors (Lipinski definition) is 3. The third-order valence-corrected chi connectivity index (χ3v) is 5.93. The Labute approximate surface area is 225 Å². The first kappa shape index (κ1) is 25.5. The van der Waals surface area contributed by atoms with E-state index in [-0.39, 0.29) is 20.1 Å². The molecule has 3 nitrogen and oxygen atoms in total. The molecule has 3 aromatic carbocycles. The number of rotatable bonds is 3. The molecule has 6 rings (SSSR count). The van der Waals surface area contributed by atoms with Gasteiger partial charge in [0, 0.05) is 37.9 Å². The molecule has 3 heterocycles. The third kappa shape index (κ3) is 5.31. The molecule has 0 spiro atoms. The van der Waals surface area contributed by atoms with Crippen molar-refractivity contribution >= 4 is 21.9 Å². The van der Waals surface area contributed by atoms with Gasteiger partial charge in [0.05, 0.1) is 5.58 Å². The number of nitrogens with zero attached hydrogens (tertiary/aromatic N) is 2. The van der Waals surface area contributed by atoms with Crippen LogP contribution in [-0.2, 0) is 20.1 Å². The second-order valence-electron chi connectivity index (χ2n) is 8.78. The minimum Gasteiger partial charge on any atom is -0.501 e. The van der Waals surface area contributed by atoms with Crippen LogP contribution in [0, 0.1) is 19.1 Å². The molecule has 0 aliphatic rings. The molecule has 0 saturated carbocycles. The Bertz CT molecular complexity index is 1570. The molecule has 181 valence electrons. The topological polar surface area (TPSA) is 38.9 Å². The summed E-state index contributed by atoms with van der Waals surface area (Å²) in [6, 6.07) is 34.6. The normalized spacial score (nSPS) is 10.7. The summed E-state index contributed by atoms with van der Waals surface area (Å²) < 4.78 is 6.16. The number of benzene rings is 3. The van der Waals surface area contributed by atoms with Crippen molar-refractivity contribution in [3.63, 3.8) is 0 Å². The molecule has 1 radical (unpaired) electrons. The summed E-state index contributed by atoms with van der Waals surface area (Å²) in [5.41, 5.74) is 8.19. The van der Waals surface area contributed by atoms with Crippen LogP contribution < -0.4 is 0 Å². The van der Waals surface area contributed by atoms with E-state index in [1.54, 1.807) is 12.4 Å². The summed E-state index contributed by atoms with van der Waals surface area (Å²) in [5.74, 6) is 0.451. The first-order valence-corrected chi connectivity index (χ1v) is 11.8. The Morgan fingerprint density at radius 2 is 1.50 bits per heavy atom. The Balaban J connectivity index is 0.000000187. The van der Waals surface area contributed by atoms with Gasteiger partial charge in [-0.2, -0.15) is 0 Å². The van der Waals surface area contributed by atoms with Crippen molar-refractivity contribution in [3.05, 3.63) is 121 Å². The van der Waals surface area contributed by atoms with Crippen LogP contribution in [-0.4, -0.2) is 9.97 Å². The largest absolute Gasteiger partial charge is 0.501 e. The Kier molecular flexibility index (Phi) is 8.10. The van der Waals surface area contributed by atoms with Gasteiger partial charge in [-0.3, -0.25) is 0 Å². The maximum Gasteiger partial charge on any atom is 0.121 e. The Hall–Kier alpha value is -3.59. The van der Waals surface area contributed by atoms with Crippen molar-refractivity contribution in [2.24, 2.45) is 0 Å². The minimum atomic E-state index is 0. The summed E-state index contributed by atoms with van der Waals surface area (Å²) in [6.07, 6.45) is 3.59. The maximum atomic E-state index is 6.16. The zero-order valence-corrected chi connectivity index (χ0v) is 22.8. The van der Waals surface area contributed by atoms with Gasteiger partial charge in [-0.15, -0.1) is 53.6 Å². The summed E-state index contributed by atoms with van der Waals surface area (Å²) in [5, 5.41) is 2.34. The molecule has 0 saturated heterocycles. The van der Waals surface area contributed by atoms with E-state index in [2.05, 4.69) is 67.1 Å². The maximum absolute atomic E-state index is 6.16. The van der Waals surface area contributed by atoms with E-state index < -0.39 is 0 Å². The number of aromatic nitrogens is 2. The van der Waals surface area contributed by atoms with Crippen LogP contribution in [0.4, 0.5) is 0 Å². The first-order chi connectivity index (χ1) is 17.1. The molecular formula is C32H26IrN2O-2. The van der Waals surface area contributed by atoms with Crippen molar-refractivity contribution < 1.29 is 24.5 Å². The average Bonchev–Trinajstić information content (AvgIpc) is 3.29. The fourth-order valence-electron chi connectivity index (χ4n) is 4.25. The van der Waals surface area contributed by atoms with Crippen LogP contribution in [0.3, 0.4) is 0 Å². The van der Waals surface area contributed by atoms with Crippen molar-refractivity contribution in [2.45, 2.75) is 26.7 Å². The van der Waals surface area contributed by atoms with Gasteiger partial charge in [0.1, 0.15) is 5.58 Å². The zero-order chi connectivity index (χ0) is 24.2. The summed E-state index contributed by atoms with van der Waals surface area (Å²) >= 11 is 0. The third-order valence-electron chi connectivity index (χ3n) is 5.93. The van der Waals surface area contributed by atoms with Gasteiger partial charge in [-0.05, 0) is 41.1 Å². The van der Waals surface area contributed by atoms with Gasteiger partial charge in [0.2, 0.25) is 0 Å². The van der Waals surface area contributed by atoms with Gasteiger partial charge in [-0.1, -0.05) is 68.1 Å². The molecular weight excluding hydrogens is 621 g/mol. The second kappa shape index (κ2) is 11.4. The van der Waals surface area contributed by atoms with Crippen LogP contribution in [0.5, 0.6) is 0 Å². The predicted octanol–water partition coefficient (Wildman–Crippen LogP) is 8.43. The fourth-order valence-corrected chi connectivity index (χ4v) is 4.25. The molecule has 0 amide bonds. The molecule has 6 aromatic rings. The van der Waals surface area contributed by atoms with E-state index in [0.717, 1.165) is 39.1 Å². The second-order valence-corrected chi connectivity index (χ2v) is 8.78. The molecule has 0 aliphatic carbocycles. The van der Waals surface area contributed by atoms with E-state index in [1.807, 2.05) is 60.7 Å². The Morgan fingerprint density at radius 1 is 0.778 bits per heavy atom. The molecule has 0 N–H and O–H groups in total. The van der Waals surface area contributed by atoms with Crippen LogP contribution >= 0.6 is 0 Å². The van der Waals surface area contributed by atoms with Crippen LogP contribution in [0.25, 0.3) is 44.5 Å². The van der Waals surface area contributed by atoms with E-state index in [4.69, 9.17) is 4.42 Å². The van der Waals surface area contributed by atoms with Gasteiger partial charge < -0.3 is 14.4 Å². The molecule has 0 unspecified atom stereocenters. The average molecular weight is 647 g/mol. The van der Waals surface area contributed by atoms with Gasteiger partial charge >= 0.3 is 0 Å². The van der Waals surface area contributed by atoms with Crippen LogP contribution in [0.2, 0.25) is 0 Å². The zero-order valence-electron chi connectivity index (χ0n) is 20.5. The van der Waals surface area contributed by atoms with Crippen molar-refractivity contribution in [1.82, 2.24) is 9.97 Å². The number of aryl methyl sites for hydroxylation is 1.